The van der Waals surface area contributed by atoms with E-state index in [0.717, 1.165) is 38.4 Å². The van der Waals surface area contributed by atoms with E-state index in [0.29, 0.717) is 0 Å². The molecule has 0 fully saturated rings. The Bertz CT molecular complexity index is 722. The number of rotatable bonds is 5. The van der Waals surface area contributed by atoms with Crippen LogP contribution in [0.15, 0.2) is 51.7 Å². The van der Waals surface area contributed by atoms with Crippen LogP contribution in [0.4, 0.5) is 0 Å². The van der Waals surface area contributed by atoms with Crippen molar-refractivity contribution in [2.75, 3.05) is 6.54 Å². The van der Waals surface area contributed by atoms with Crippen molar-refractivity contribution in [2.45, 2.75) is 22.7 Å². The summed E-state index contributed by atoms with van der Waals surface area (Å²) in [7, 11) is 0. The van der Waals surface area contributed by atoms with Crippen molar-refractivity contribution in [1.82, 2.24) is 10.3 Å². The fourth-order valence-electron chi connectivity index (χ4n) is 1.99. The van der Waals surface area contributed by atoms with Gasteiger partial charge in [0, 0.05) is 16.5 Å². The first-order valence-electron chi connectivity index (χ1n) is 6.79. The Morgan fingerprint density at radius 3 is 2.86 bits per heavy atom. The minimum atomic E-state index is 0.807. The second-order valence-corrected chi connectivity index (χ2v) is 7.34. The zero-order valence-corrected chi connectivity index (χ0v) is 14.0. The second-order valence-electron chi connectivity index (χ2n) is 4.58. The number of para-hydroxylation sites is 1. The first-order chi connectivity index (χ1) is 10.3. The summed E-state index contributed by atoms with van der Waals surface area (Å²) in [6.45, 7) is 3.84. The molecule has 0 bridgehead atoms. The summed E-state index contributed by atoms with van der Waals surface area (Å²) in [6, 6.07) is 14.4. The summed E-state index contributed by atoms with van der Waals surface area (Å²) in [4.78, 5) is 5.76. The van der Waals surface area contributed by atoms with Gasteiger partial charge in [0.2, 0.25) is 0 Å². The monoisotopic (exact) mass is 334 g/mol. The molecule has 108 valence electrons. The highest BCUT2D eigenvalue weighted by molar-refractivity contribution is 8.01. The molecule has 1 heterocycles. The lowest BCUT2D eigenvalue weighted by molar-refractivity contribution is 0.726. The van der Waals surface area contributed by atoms with E-state index in [2.05, 4.69) is 35.4 Å². The lowest BCUT2D eigenvalue weighted by atomic mass is 10.2. The molecule has 0 aliphatic heterocycles. The van der Waals surface area contributed by atoms with Crippen molar-refractivity contribution in [1.29, 1.82) is 0 Å². The molecule has 3 aromatic rings. The highest BCUT2D eigenvalue weighted by Gasteiger charge is 2.07. The van der Waals surface area contributed by atoms with Crippen LogP contribution in [0.1, 0.15) is 12.5 Å². The molecule has 1 aromatic heterocycles. The van der Waals surface area contributed by atoms with Crippen molar-refractivity contribution in [3.63, 3.8) is 0 Å². The largest absolute Gasteiger partial charge is 0.313 e. The molecule has 0 spiro atoms. The van der Waals surface area contributed by atoms with Gasteiger partial charge in [-0.2, -0.15) is 0 Å². The summed E-state index contributed by atoms with van der Waals surface area (Å²) in [6.07, 6.45) is 0. The molecule has 0 aliphatic carbocycles. The predicted octanol–water partition coefficient (Wildman–Crippen LogP) is 5.21. The Balaban J connectivity index is 1.79. The Morgan fingerprint density at radius 1 is 1.24 bits per heavy atom. The van der Waals surface area contributed by atoms with Crippen LogP contribution in [0.25, 0.3) is 10.2 Å². The zero-order chi connectivity index (χ0) is 14.7. The van der Waals surface area contributed by atoms with Crippen LogP contribution in [-0.4, -0.2) is 11.5 Å². The average molecular weight is 335 g/mol. The van der Waals surface area contributed by atoms with E-state index in [1.165, 1.54) is 4.70 Å². The second kappa shape index (κ2) is 6.79. The molecule has 5 heteroatoms. The summed E-state index contributed by atoms with van der Waals surface area (Å²) in [5, 5.41) is 4.10. The normalized spacial score (nSPS) is 11.1. The first-order valence-corrected chi connectivity index (χ1v) is 8.80. The van der Waals surface area contributed by atoms with Gasteiger partial charge >= 0.3 is 0 Å². The number of halogens is 1. The van der Waals surface area contributed by atoms with Gasteiger partial charge in [0.05, 0.1) is 10.2 Å². The number of benzene rings is 2. The van der Waals surface area contributed by atoms with E-state index in [-0.39, 0.29) is 0 Å². The van der Waals surface area contributed by atoms with Gasteiger partial charge < -0.3 is 5.32 Å². The fourth-order valence-corrected chi connectivity index (χ4v) is 4.38. The highest BCUT2D eigenvalue weighted by Crippen LogP contribution is 2.35. The van der Waals surface area contributed by atoms with Gasteiger partial charge in [0.25, 0.3) is 0 Å². The van der Waals surface area contributed by atoms with Gasteiger partial charge in [0.15, 0.2) is 4.34 Å². The third-order valence-electron chi connectivity index (χ3n) is 3.07. The molecule has 3 rings (SSSR count). The number of fused-ring (bicyclic) bond motifs is 1. The first kappa shape index (κ1) is 14.9. The molecule has 1 N–H and O–H groups in total. The predicted molar refractivity (Wildman–Crippen MR) is 92.6 cm³/mol. The topological polar surface area (TPSA) is 24.9 Å². The highest BCUT2D eigenvalue weighted by atomic mass is 35.5. The van der Waals surface area contributed by atoms with Crippen LogP contribution in [-0.2, 0) is 6.54 Å². The molecule has 0 unspecified atom stereocenters. The molecule has 2 aromatic carbocycles. The number of aromatic nitrogens is 1. The van der Waals surface area contributed by atoms with Gasteiger partial charge in [-0.3, -0.25) is 0 Å². The summed E-state index contributed by atoms with van der Waals surface area (Å²) in [5.41, 5.74) is 2.19. The summed E-state index contributed by atoms with van der Waals surface area (Å²) < 4.78 is 2.27. The molecule has 2 nitrogen and oxygen atoms in total. The maximum absolute atomic E-state index is 6.34. The van der Waals surface area contributed by atoms with E-state index >= 15 is 0 Å². The van der Waals surface area contributed by atoms with E-state index in [1.54, 1.807) is 23.1 Å². The molecular weight excluding hydrogens is 320 g/mol. The smallest absolute Gasteiger partial charge is 0.155 e. The molecule has 0 saturated carbocycles. The molecule has 0 amide bonds. The fraction of sp³-hybridized carbons (Fsp3) is 0.188. The quantitative estimate of drug-likeness (QED) is 0.693. The van der Waals surface area contributed by atoms with E-state index in [4.69, 9.17) is 11.6 Å². The van der Waals surface area contributed by atoms with Gasteiger partial charge in [-0.15, -0.1) is 11.3 Å². The Labute approximate surface area is 137 Å². The number of hydrogen-bond acceptors (Lipinski definition) is 4. The third kappa shape index (κ3) is 3.58. The van der Waals surface area contributed by atoms with Crippen LogP contribution in [0.5, 0.6) is 0 Å². The number of thiazole rings is 1. The van der Waals surface area contributed by atoms with Crippen LogP contribution in [0, 0.1) is 0 Å². The Morgan fingerprint density at radius 2 is 2.10 bits per heavy atom. The summed E-state index contributed by atoms with van der Waals surface area (Å²) >= 11 is 9.71. The molecule has 0 radical (unpaired) electrons. The standard InChI is InChI=1S/C16H15ClN2S2/c1-2-18-10-11-7-8-12(9-13(11)17)20-16-19-14-5-3-4-6-15(14)21-16/h3-9,18H,2,10H2,1H3. The van der Waals surface area contributed by atoms with Crippen LogP contribution < -0.4 is 5.32 Å². The maximum Gasteiger partial charge on any atom is 0.155 e. The van der Waals surface area contributed by atoms with Crippen molar-refractivity contribution in [3.05, 3.63) is 53.1 Å². The Kier molecular flexibility index (Phi) is 4.80. The van der Waals surface area contributed by atoms with Gasteiger partial charge in [-0.1, -0.05) is 48.5 Å². The van der Waals surface area contributed by atoms with Crippen molar-refractivity contribution in [2.24, 2.45) is 0 Å². The number of nitrogens with zero attached hydrogens (tertiary/aromatic N) is 1. The van der Waals surface area contributed by atoms with Crippen LogP contribution in [0.2, 0.25) is 5.02 Å². The molecular formula is C16H15ClN2S2. The van der Waals surface area contributed by atoms with Crippen LogP contribution >= 0.6 is 34.7 Å². The van der Waals surface area contributed by atoms with Crippen molar-refractivity contribution < 1.29 is 0 Å². The van der Waals surface area contributed by atoms with Gasteiger partial charge in [-0.25, -0.2) is 4.98 Å². The third-order valence-corrected chi connectivity index (χ3v) is 5.51. The lowest BCUT2D eigenvalue weighted by Crippen LogP contribution is -2.11. The lowest BCUT2D eigenvalue weighted by Gasteiger charge is -2.06. The zero-order valence-electron chi connectivity index (χ0n) is 11.6. The van der Waals surface area contributed by atoms with Crippen LogP contribution in [0.3, 0.4) is 0 Å². The molecule has 0 atom stereocenters. The molecule has 0 saturated heterocycles. The Hall–Kier alpha value is -1.07. The minimum absolute atomic E-state index is 0.807. The van der Waals surface area contributed by atoms with E-state index < -0.39 is 0 Å². The van der Waals surface area contributed by atoms with Crippen molar-refractivity contribution in [3.8, 4) is 0 Å². The van der Waals surface area contributed by atoms with E-state index in [1.807, 2.05) is 24.3 Å². The average Bonchev–Trinajstić information content (AvgIpc) is 2.88. The maximum atomic E-state index is 6.34. The minimum Gasteiger partial charge on any atom is -0.313 e. The van der Waals surface area contributed by atoms with Gasteiger partial charge in [-0.05, 0) is 36.4 Å². The van der Waals surface area contributed by atoms with E-state index in [9.17, 15) is 0 Å². The van der Waals surface area contributed by atoms with Crippen molar-refractivity contribution >= 4 is 44.9 Å². The molecule has 21 heavy (non-hydrogen) atoms. The SMILES string of the molecule is CCNCc1ccc(Sc2nc3ccccc3s2)cc1Cl. The number of hydrogen-bond donors (Lipinski definition) is 1. The van der Waals surface area contributed by atoms with Gasteiger partial charge in [0.1, 0.15) is 0 Å². The summed E-state index contributed by atoms with van der Waals surface area (Å²) in [5.74, 6) is 0. The number of nitrogens with one attached hydrogen (secondary N) is 1. The molecule has 0 aliphatic rings.